The van der Waals surface area contributed by atoms with Gasteiger partial charge in [0.15, 0.2) is 0 Å². The largest absolute Gasteiger partial charge is 0.466 e. The Bertz CT molecular complexity index is 411. The first kappa shape index (κ1) is 14.6. The number of rotatable bonds is 5. The molecule has 0 aromatic carbocycles. The van der Waals surface area contributed by atoms with Crippen LogP contribution in [-0.2, 0) is 0 Å². The van der Waals surface area contributed by atoms with Gasteiger partial charge < -0.3 is 9.73 Å². The maximum absolute atomic E-state index is 5.66. The van der Waals surface area contributed by atoms with Gasteiger partial charge in [0.2, 0.25) is 0 Å². The second kappa shape index (κ2) is 6.10. The molecule has 1 fully saturated rings. The van der Waals surface area contributed by atoms with E-state index in [0.29, 0.717) is 12.1 Å². The normalized spacial score (nSPS) is 22.3. The maximum atomic E-state index is 5.66. The second-order valence-electron chi connectivity index (χ2n) is 6.26. The lowest BCUT2D eigenvalue weighted by atomic mass is 10.1. The first-order valence-corrected chi connectivity index (χ1v) is 7.51. The zero-order valence-corrected chi connectivity index (χ0v) is 13.0. The Balaban J connectivity index is 1.91. The Labute approximate surface area is 117 Å². The minimum atomic E-state index is 0.474. The van der Waals surface area contributed by atoms with E-state index < -0.39 is 0 Å². The Morgan fingerprint density at radius 1 is 1.37 bits per heavy atom. The molecule has 0 saturated carbocycles. The minimum Gasteiger partial charge on any atom is -0.466 e. The van der Waals surface area contributed by atoms with E-state index in [1.165, 1.54) is 25.1 Å². The topological polar surface area (TPSA) is 28.4 Å². The lowest BCUT2D eigenvalue weighted by Gasteiger charge is -2.24. The SMILES string of the molecule is Cc1cc(C(C)N2CCC(CNC(C)C)C2)c(C)o1. The van der Waals surface area contributed by atoms with Crippen LogP contribution in [0.1, 0.15) is 50.3 Å². The van der Waals surface area contributed by atoms with Gasteiger partial charge in [-0.05, 0) is 52.3 Å². The van der Waals surface area contributed by atoms with Crippen molar-refractivity contribution in [3.05, 3.63) is 23.2 Å². The van der Waals surface area contributed by atoms with E-state index in [-0.39, 0.29) is 0 Å². The fraction of sp³-hybridized carbons (Fsp3) is 0.750. The Hall–Kier alpha value is -0.800. The summed E-state index contributed by atoms with van der Waals surface area (Å²) in [6.07, 6.45) is 1.31. The van der Waals surface area contributed by atoms with E-state index in [1.807, 2.05) is 6.92 Å². The number of hydrogen-bond acceptors (Lipinski definition) is 3. The molecule has 1 aromatic heterocycles. The van der Waals surface area contributed by atoms with Crippen LogP contribution in [-0.4, -0.2) is 30.6 Å². The molecule has 1 saturated heterocycles. The molecular formula is C16H28N2O. The summed E-state index contributed by atoms with van der Waals surface area (Å²) in [5.74, 6) is 2.89. The molecule has 2 unspecified atom stereocenters. The van der Waals surface area contributed by atoms with Crippen molar-refractivity contribution in [3.8, 4) is 0 Å². The van der Waals surface area contributed by atoms with Crippen molar-refractivity contribution < 1.29 is 4.42 Å². The van der Waals surface area contributed by atoms with Gasteiger partial charge in [-0.1, -0.05) is 13.8 Å². The number of furan rings is 1. The third-order valence-corrected chi connectivity index (χ3v) is 4.21. The van der Waals surface area contributed by atoms with Crippen molar-refractivity contribution in [1.29, 1.82) is 0 Å². The molecule has 0 spiro atoms. The average Bonchev–Trinajstić information content (AvgIpc) is 2.92. The summed E-state index contributed by atoms with van der Waals surface area (Å²) in [6, 6.07) is 3.26. The molecule has 2 rings (SSSR count). The zero-order chi connectivity index (χ0) is 14.0. The predicted molar refractivity (Wildman–Crippen MR) is 79.4 cm³/mol. The van der Waals surface area contributed by atoms with Crippen LogP contribution in [0.5, 0.6) is 0 Å². The predicted octanol–water partition coefficient (Wildman–Crippen LogP) is 3.28. The molecule has 108 valence electrons. The monoisotopic (exact) mass is 264 g/mol. The quantitative estimate of drug-likeness (QED) is 0.884. The molecule has 19 heavy (non-hydrogen) atoms. The molecule has 1 aliphatic heterocycles. The summed E-state index contributed by atoms with van der Waals surface area (Å²) >= 11 is 0. The first-order valence-electron chi connectivity index (χ1n) is 7.51. The average molecular weight is 264 g/mol. The van der Waals surface area contributed by atoms with E-state index in [9.17, 15) is 0 Å². The second-order valence-corrected chi connectivity index (χ2v) is 6.26. The highest BCUT2D eigenvalue weighted by Gasteiger charge is 2.28. The Morgan fingerprint density at radius 3 is 2.68 bits per heavy atom. The minimum absolute atomic E-state index is 0.474. The molecule has 3 heteroatoms. The number of nitrogens with zero attached hydrogens (tertiary/aromatic N) is 1. The first-order chi connectivity index (χ1) is 8.97. The number of nitrogens with one attached hydrogen (secondary N) is 1. The molecule has 0 radical (unpaired) electrons. The number of hydrogen-bond donors (Lipinski definition) is 1. The lowest BCUT2D eigenvalue weighted by molar-refractivity contribution is 0.248. The smallest absolute Gasteiger partial charge is 0.105 e. The molecule has 2 heterocycles. The van der Waals surface area contributed by atoms with Gasteiger partial charge in [-0.15, -0.1) is 0 Å². The van der Waals surface area contributed by atoms with Gasteiger partial charge in [-0.3, -0.25) is 4.90 Å². The van der Waals surface area contributed by atoms with Gasteiger partial charge in [0, 0.05) is 24.2 Å². The fourth-order valence-electron chi connectivity index (χ4n) is 3.05. The van der Waals surface area contributed by atoms with E-state index in [2.05, 4.69) is 44.0 Å². The van der Waals surface area contributed by atoms with E-state index in [0.717, 1.165) is 24.0 Å². The van der Waals surface area contributed by atoms with Gasteiger partial charge in [0.1, 0.15) is 11.5 Å². The highest BCUT2D eigenvalue weighted by Crippen LogP contribution is 2.30. The molecule has 1 N–H and O–H groups in total. The molecule has 1 aliphatic rings. The molecule has 2 atom stereocenters. The van der Waals surface area contributed by atoms with Crippen LogP contribution in [0, 0.1) is 19.8 Å². The van der Waals surface area contributed by atoms with Crippen LogP contribution in [0.25, 0.3) is 0 Å². The Morgan fingerprint density at radius 2 is 2.11 bits per heavy atom. The zero-order valence-electron chi connectivity index (χ0n) is 13.0. The van der Waals surface area contributed by atoms with Crippen LogP contribution in [0.3, 0.4) is 0 Å². The van der Waals surface area contributed by atoms with Crippen molar-refractivity contribution >= 4 is 0 Å². The number of likely N-dealkylation sites (tertiary alicyclic amines) is 1. The van der Waals surface area contributed by atoms with E-state index in [1.54, 1.807) is 0 Å². The van der Waals surface area contributed by atoms with E-state index >= 15 is 0 Å². The van der Waals surface area contributed by atoms with Gasteiger partial charge >= 0.3 is 0 Å². The fourth-order valence-corrected chi connectivity index (χ4v) is 3.05. The summed E-state index contributed by atoms with van der Waals surface area (Å²) < 4.78 is 5.66. The summed E-state index contributed by atoms with van der Waals surface area (Å²) in [5.41, 5.74) is 1.36. The van der Waals surface area contributed by atoms with Crippen molar-refractivity contribution in [2.75, 3.05) is 19.6 Å². The number of aryl methyl sites for hydroxylation is 2. The molecule has 3 nitrogen and oxygen atoms in total. The van der Waals surface area contributed by atoms with Crippen molar-refractivity contribution in [3.63, 3.8) is 0 Å². The highest BCUT2D eigenvalue weighted by atomic mass is 16.3. The standard InChI is InChI=1S/C16H28N2O/c1-11(2)17-9-15-6-7-18(10-15)13(4)16-8-12(3)19-14(16)5/h8,11,13,15,17H,6-7,9-10H2,1-5H3. The molecule has 0 bridgehead atoms. The Kier molecular flexibility index (Phi) is 4.69. The van der Waals surface area contributed by atoms with Crippen LogP contribution in [0.4, 0.5) is 0 Å². The van der Waals surface area contributed by atoms with Crippen LogP contribution >= 0.6 is 0 Å². The summed E-state index contributed by atoms with van der Waals surface area (Å²) in [4.78, 5) is 2.59. The van der Waals surface area contributed by atoms with Gasteiger partial charge in [0.05, 0.1) is 0 Å². The van der Waals surface area contributed by atoms with Crippen molar-refractivity contribution in [2.24, 2.45) is 5.92 Å². The summed E-state index contributed by atoms with van der Waals surface area (Å²) in [7, 11) is 0. The van der Waals surface area contributed by atoms with Crippen LogP contribution < -0.4 is 5.32 Å². The van der Waals surface area contributed by atoms with Crippen LogP contribution in [0.2, 0.25) is 0 Å². The third-order valence-electron chi connectivity index (χ3n) is 4.21. The molecular weight excluding hydrogens is 236 g/mol. The van der Waals surface area contributed by atoms with Gasteiger partial charge in [0.25, 0.3) is 0 Å². The molecule has 1 aromatic rings. The summed E-state index contributed by atoms with van der Waals surface area (Å²) in [6.45, 7) is 14.4. The molecule has 0 aliphatic carbocycles. The van der Waals surface area contributed by atoms with Gasteiger partial charge in [-0.2, -0.15) is 0 Å². The van der Waals surface area contributed by atoms with E-state index in [4.69, 9.17) is 4.42 Å². The molecule has 0 amide bonds. The summed E-state index contributed by atoms with van der Waals surface area (Å²) in [5, 5.41) is 3.56. The third kappa shape index (κ3) is 3.61. The van der Waals surface area contributed by atoms with Crippen LogP contribution in [0.15, 0.2) is 10.5 Å². The lowest BCUT2D eigenvalue weighted by Crippen LogP contribution is -2.31. The van der Waals surface area contributed by atoms with Crippen molar-refractivity contribution in [1.82, 2.24) is 10.2 Å². The van der Waals surface area contributed by atoms with Gasteiger partial charge in [-0.25, -0.2) is 0 Å². The van der Waals surface area contributed by atoms with Crippen molar-refractivity contribution in [2.45, 2.75) is 53.1 Å². The highest BCUT2D eigenvalue weighted by molar-refractivity contribution is 5.23. The maximum Gasteiger partial charge on any atom is 0.105 e.